The smallest absolute Gasteiger partial charge is 0.159 e. The van der Waals surface area contributed by atoms with Crippen LogP contribution in [-0.2, 0) is 4.74 Å². The van der Waals surface area contributed by atoms with E-state index in [1.54, 1.807) is 7.05 Å². The lowest BCUT2D eigenvalue weighted by Gasteiger charge is -2.40. The molecule has 2 saturated heterocycles. The van der Waals surface area contributed by atoms with Crippen LogP contribution in [0.15, 0.2) is 4.99 Å². The van der Waals surface area contributed by atoms with Gasteiger partial charge in [-0.15, -0.1) is 0 Å². The minimum atomic E-state index is -1.09. The van der Waals surface area contributed by atoms with Gasteiger partial charge in [-0.05, 0) is 6.42 Å². The largest absolute Gasteiger partial charge is 0.390 e. The van der Waals surface area contributed by atoms with Crippen LogP contribution in [-0.4, -0.2) is 63.4 Å². The average molecular weight is 304 g/mol. The SMILES string of the molecule is CCCCC[C@H](O)[C@H]1O[C@@H]2SC(=NC)N[C@@H]2[C@@H](O)[C@@H]1O. The lowest BCUT2D eigenvalue weighted by atomic mass is 9.92. The molecule has 2 heterocycles. The molecule has 0 aromatic heterocycles. The number of thioether (sulfide) groups is 1. The van der Waals surface area contributed by atoms with Crippen LogP contribution in [0.4, 0.5) is 0 Å². The van der Waals surface area contributed by atoms with Crippen molar-refractivity contribution in [1.29, 1.82) is 0 Å². The third-order valence-corrected chi connectivity index (χ3v) is 5.00. The van der Waals surface area contributed by atoms with Crippen molar-refractivity contribution in [2.75, 3.05) is 7.05 Å². The van der Waals surface area contributed by atoms with Crippen molar-refractivity contribution in [3.63, 3.8) is 0 Å². The maximum atomic E-state index is 10.2. The fourth-order valence-corrected chi connectivity index (χ4v) is 3.72. The Morgan fingerprint density at radius 1 is 1.35 bits per heavy atom. The molecule has 6 nitrogen and oxygen atoms in total. The first kappa shape index (κ1) is 16.0. The van der Waals surface area contributed by atoms with E-state index in [1.807, 2.05) is 0 Å². The Hall–Kier alpha value is -0.340. The molecule has 2 rings (SSSR count). The summed E-state index contributed by atoms with van der Waals surface area (Å²) in [6.07, 6.45) is 0.0304. The molecule has 2 aliphatic heterocycles. The number of unbranched alkanes of at least 4 members (excludes halogenated alkanes) is 2. The van der Waals surface area contributed by atoms with Crippen LogP contribution in [0.1, 0.15) is 32.6 Å². The molecule has 2 fully saturated rings. The molecule has 7 heteroatoms. The Morgan fingerprint density at radius 3 is 2.75 bits per heavy atom. The summed E-state index contributed by atoms with van der Waals surface area (Å²) in [6.45, 7) is 2.10. The standard InChI is InChI=1S/C13H24N2O4S/c1-3-4-5-6-7(16)11-10(18)9(17)8-12(19-11)20-13(14-2)15-8/h7-12,16-18H,3-6H2,1-2H3,(H,14,15)/t7-,8+,9+,10-,11+,12+/m0/s1. The Labute approximate surface area is 123 Å². The lowest BCUT2D eigenvalue weighted by Crippen LogP contribution is -2.61. The quantitative estimate of drug-likeness (QED) is 0.537. The van der Waals surface area contributed by atoms with E-state index in [0.29, 0.717) is 11.6 Å². The Morgan fingerprint density at radius 2 is 2.10 bits per heavy atom. The van der Waals surface area contributed by atoms with E-state index < -0.39 is 24.4 Å². The van der Waals surface area contributed by atoms with Crippen LogP contribution < -0.4 is 5.32 Å². The van der Waals surface area contributed by atoms with Gasteiger partial charge < -0.3 is 25.4 Å². The van der Waals surface area contributed by atoms with Gasteiger partial charge in [0.2, 0.25) is 0 Å². The fraction of sp³-hybridized carbons (Fsp3) is 0.923. The predicted molar refractivity (Wildman–Crippen MR) is 78.7 cm³/mol. The number of ether oxygens (including phenoxy) is 1. The molecule has 2 aliphatic rings. The van der Waals surface area contributed by atoms with E-state index in [9.17, 15) is 15.3 Å². The van der Waals surface area contributed by atoms with Gasteiger partial charge in [-0.2, -0.15) is 0 Å². The van der Waals surface area contributed by atoms with E-state index >= 15 is 0 Å². The highest BCUT2D eigenvalue weighted by Gasteiger charge is 2.50. The van der Waals surface area contributed by atoms with Crippen LogP contribution >= 0.6 is 11.8 Å². The summed E-state index contributed by atoms with van der Waals surface area (Å²) < 4.78 is 5.78. The zero-order valence-corrected chi connectivity index (χ0v) is 12.7. The van der Waals surface area contributed by atoms with E-state index in [-0.39, 0.29) is 11.5 Å². The molecule has 6 atom stereocenters. The number of rotatable bonds is 5. The summed E-state index contributed by atoms with van der Waals surface area (Å²) in [6, 6.07) is -0.382. The highest BCUT2D eigenvalue weighted by atomic mass is 32.2. The summed E-state index contributed by atoms with van der Waals surface area (Å²) >= 11 is 1.38. The van der Waals surface area contributed by atoms with E-state index in [0.717, 1.165) is 19.3 Å². The summed E-state index contributed by atoms with van der Waals surface area (Å²) in [5.74, 6) is 0. The molecule has 0 amide bonds. The molecule has 0 aromatic carbocycles. The van der Waals surface area contributed by atoms with Gasteiger partial charge in [-0.3, -0.25) is 4.99 Å². The number of hydrogen-bond donors (Lipinski definition) is 4. The van der Waals surface area contributed by atoms with Crippen LogP contribution in [0.5, 0.6) is 0 Å². The Kier molecular flexibility index (Phi) is 5.68. The first-order chi connectivity index (χ1) is 9.58. The monoisotopic (exact) mass is 304 g/mol. The molecule has 20 heavy (non-hydrogen) atoms. The topological polar surface area (TPSA) is 94.3 Å². The molecule has 116 valence electrons. The average Bonchev–Trinajstić information content (AvgIpc) is 2.86. The van der Waals surface area contributed by atoms with Gasteiger partial charge in [-0.25, -0.2) is 0 Å². The van der Waals surface area contributed by atoms with Crippen molar-refractivity contribution in [2.24, 2.45) is 4.99 Å². The molecular formula is C13H24N2O4S. The van der Waals surface area contributed by atoms with Crippen LogP contribution in [0, 0.1) is 0 Å². The molecular weight excluding hydrogens is 280 g/mol. The second-order valence-corrected chi connectivity index (χ2v) is 6.42. The molecule has 0 saturated carbocycles. The van der Waals surface area contributed by atoms with E-state index in [2.05, 4.69) is 17.2 Å². The van der Waals surface area contributed by atoms with Crippen molar-refractivity contribution in [3.8, 4) is 0 Å². The highest BCUT2D eigenvalue weighted by molar-refractivity contribution is 8.14. The minimum Gasteiger partial charge on any atom is -0.390 e. The molecule has 0 radical (unpaired) electrons. The van der Waals surface area contributed by atoms with Gasteiger partial charge in [0.05, 0.1) is 12.1 Å². The van der Waals surface area contributed by atoms with Crippen LogP contribution in [0.2, 0.25) is 0 Å². The molecule has 4 N–H and O–H groups in total. The number of aliphatic hydroxyl groups is 3. The summed E-state index contributed by atoms with van der Waals surface area (Å²) in [5.41, 5.74) is -0.321. The van der Waals surface area contributed by atoms with Crippen molar-refractivity contribution in [3.05, 3.63) is 0 Å². The van der Waals surface area contributed by atoms with Gasteiger partial charge >= 0.3 is 0 Å². The zero-order chi connectivity index (χ0) is 14.7. The number of amidine groups is 1. The number of nitrogens with zero attached hydrogens (tertiary/aromatic N) is 1. The minimum absolute atomic E-state index is 0.321. The zero-order valence-electron chi connectivity index (χ0n) is 11.9. The van der Waals surface area contributed by atoms with Crippen LogP contribution in [0.3, 0.4) is 0 Å². The van der Waals surface area contributed by atoms with Gasteiger partial charge in [-0.1, -0.05) is 37.9 Å². The van der Waals surface area contributed by atoms with E-state index in [4.69, 9.17) is 4.74 Å². The number of aliphatic hydroxyl groups excluding tert-OH is 3. The molecule has 0 aromatic rings. The number of hydrogen-bond acceptors (Lipinski definition) is 6. The van der Waals surface area contributed by atoms with Gasteiger partial charge in [0.1, 0.15) is 23.7 Å². The third-order valence-electron chi connectivity index (χ3n) is 3.84. The second kappa shape index (κ2) is 7.09. The summed E-state index contributed by atoms with van der Waals surface area (Å²) in [4.78, 5) is 4.03. The maximum absolute atomic E-state index is 10.2. The van der Waals surface area contributed by atoms with Crippen molar-refractivity contribution in [2.45, 2.75) is 68.5 Å². The summed E-state index contributed by atoms with van der Waals surface area (Å²) in [7, 11) is 1.66. The predicted octanol–water partition coefficient (Wildman–Crippen LogP) is 0.0651. The lowest BCUT2D eigenvalue weighted by molar-refractivity contribution is -0.188. The first-order valence-electron chi connectivity index (χ1n) is 7.18. The Bertz CT molecular complexity index is 355. The molecule has 0 spiro atoms. The van der Waals surface area contributed by atoms with E-state index in [1.165, 1.54) is 11.8 Å². The van der Waals surface area contributed by atoms with Crippen LogP contribution in [0.25, 0.3) is 0 Å². The normalized spacial score (nSPS) is 40.5. The second-order valence-electron chi connectivity index (χ2n) is 5.33. The van der Waals surface area contributed by atoms with Gasteiger partial charge in [0.15, 0.2) is 5.17 Å². The number of nitrogens with one attached hydrogen (secondary N) is 1. The third kappa shape index (κ3) is 3.28. The highest BCUT2D eigenvalue weighted by Crippen LogP contribution is 2.35. The van der Waals surface area contributed by atoms with Crippen molar-refractivity contribution < 1.29 is 20.1 Å². The fourth-order valence-electron chi connectivity index (χ4n) is 2.63. The molecule has 0 aliphatic carbocycles. The maximum Gasteiger partial charge on any atom is 0.159 e. The van der Waals surface area contributed by atoms with Crippen molar-refractivity contribution >= 4 is 16.9 Å². The Balaban J connectivity index is 1.98. The molecule has 0 bridgehead atoms. The molecule has 0 unspecified atom stereocenters. The number of fused-ring (bicyclic) bond motifs is 1. The summed E-state index contributed by atoms with van der Waals surface area (Å²) in [5, 5.41) is 34.2. The van der Waals surface area contributed by atoms with Gasteiger partial charge in [0, 0.05) is 7.05 Å². The van der Waals surface area contributed by atoms with Crippen molar-refractivity contribution in [1.82, 2.24) is 5.32 Å². The van der Waals surface area contributed by atoms with Gasteiger partial charge in [0.25, 0.3) is 0 Å². The number of aliphatic imine (C=N–C) groups is 1. The first-order valence-corrected chi connectivity index (χ1v) is 8.06.